The Morgan fingerprint density at radius 1 is 1.14 bits per heavy atom. The van der Waals surface area contributed by atoms with Crippen LogP contribution in [-0.4, -0.2) is 44.1 Å². The summed E-state index contributed by atoms with van der Waals surface area (Å²) in [6.07, 6.45) is 2.23. The van der Waals surface area contributed by atoms with Gasteiger partial charge in [0.15, 0.2) is 5.96 Å². The molecule has 0 atom stereocenters. The van der Waals surface area contributed by atoms with E-state index in [4.69, 9.17) is 4.74 Å². The van der Waals surface area contributed by atoms with Crippen LogP contribution in [0.25, 0.3) is 0 Å². The SMILES string of the molecule is CN=C(NCc1ccccc1OC)NC1CCN(Cc2ccc(Br)cc2)CC1.I. The van der Waals surface area contributed by atoms with Gasteiger partial charge < -0.3 is 15.4 Å². The summed E-state index contributed by atoms with van der Waals surface area (Å²) >= 11 is 3.50. The lowest BCUT2D eigenvalue weighted by atomic mass is 10.0. The van der Waals surface area contributed by atoms with Crippen LogP contribution in [0.1, 0.15) is 24.0 Å². The summed E-state index contributed by atoms with van der Waals surface area (Å²) in [6.45, 7) is 3.89. The van der Waals surface area contributed by atoms with E-state index in [1.54, 1.807) is 7.11 Å². The van der Waals surface area contributed by atoms with Crippen molar-refractivity contribution in [2.45, 2.75) is 32.0 Å². The quantitative estimate of drug-likeness (QED) is 0.306. The number of methoxy groups -OCH3 is 1. The molecule has 0 unspecified atom stereocenters. The fraction of sp³-hybridized carbons (Fsp3) is 0.409. The van der Waals surface area contributed by atoms with Crippen molar-refractivity contribution in [2.24, 2.45) is 4.99 Å². The van der Waals surface area contributed by atoms with E-state index in [0.29, 0.717) is 12.6 Å². The van der Waals surface area contributed by atoms with E-state index < -0.39 is 0 Å². The van der Waals surface area contributed by atoms with Crippen molar-refractivity contribution in [2.75, 3.05) is 27.2 Å². The molecule has 29 heavy (non-hydrogen) atoms. The Balaban J connectivity index is 0.00000300. The molecule has 0 amide bonds. The van der Waals surface area contributed by atoms with E-state index in [9.17, 15) is 0 Å². The van der Waals surface area contributed by atoms with E-state index in [1.807, 2.05) is 25.2 Å². The zero-order valence-corrected chi connectivity index (χ0v) is 20.9. The maximum atomic E-state index is 5.42. The molecular formula is C22H30BrIN4O. The molecule has 7 heteroatoms. The number of likely N-dealkylation sites (tertiary alicyclic amines) is 1. The molecule has 1 saturated heterocycles. The lowest BCUT2D eigenvalue weighted by molar-refractivity contribution is 0.198. The third-order valence-corrected chi connectivity index (χ3v) is 5.64. The first kappa shape index (κ1) is 24.0. The van der Waals surface area contributed by atoms with Crippen molar-refractivity contribution in [3.05, 3.63) is 64.1 Å². The lowest BCUT2D eigenvalue weighted by Crippen LogP contribution is -2.48. The Labute approximate surface area is 199 Å². The second-order valence-corrected chi connectivity index (χ2v) is 7.97. The summed E-state index contributed by atoms with van der Waals surface area (Å²) in [7, 11) is 3.52. The van der Waals surface area contributed by atoms with Gasteiger partial charge in [-0.1, -0.05) is 46.3 Å². The van der Waals surface area contributed by atoms with Crippen molar-refractivity contribution in [3.63, 3.8) is 0 Å². The average Bonchev–Trinajstić information content (AvgIpc) is 2.74. The monoisotopic (exact) mass is 572 g/mol. The van der Waals surface area contributed by atoms with Crippen LogP contribution in [-0.2, 0) is 13.1 Å². The molecule has 2 N–H and O–H groups in total. The molecule has 2 aromatic carbocycles. The van der Waals surface area contributed by atoms with Crippen LogP contribution < -0.4 is 15.4 Å². The molecule has 1 aliphatic heterocycles. The number of para-hydroxylation sites is 1. The molecule has 1 fully saturated rings. The smallest absolute Gasteiger partial charge is 0.191 e. The van der Waals surface area contributed by atoms with Gasteiger partial charge in [-0.3, -0.25) is 9.89 Å². The van der Waals surface area contributed by atoms with Crippen molar-refractivity contribution < 1.29 is 4.74 Å². The number of benzene rings is 2. The Morgan fingerprint density at radius 3 is 2.48 bits per heavy atom. The van der Waals surface area contributed by atoms with Gasteiger partial charge in [0, 0.05) is 49.3 Å². The molecule has 0 saturated carbocycles. The Hall–Kier alpha value is -1.32. The second-order valence-electron chi connectivity index (χ2n) is 7.06. The Bertz CT molecular complexity index is 777. The molecule has 2 aromatic rings. The number of aliphatic imine (C=N–C) groups is 1. The standard InChI is InChI=1S/C22H29BrN4O.HI/c1-24-22(25-15-18-5-3-4-6-21(18)28-2)26-20-11-13-27(14-12-20)16-17-7-9-19(23)10-8-17;/h3-10,20H,11-16H2,1-2H3,(H2,24,25,26);1H. The Morgan fingerprint density at radius 2 is 1.83 bits per heavy atom. The number of hydrogen-bond acceptors (Lipinski definition) is 3. The van der Waals surface area contributed by atoms with Gasteiger partial charge >= 0.3 is 0 Å². The van der Waals surface area contributed by atoms with Crippen LogP contribution in [0, 0.1) is 0 Å². The third-order valence-electron chi connectivity index (χ3n) is 5.11. The van der Waals surface area contributed by atoms with Gasteiger partial charge in [0.25, 0.3) is 0 Å². The molecule has 0 radical (unpaired) electrons. The highest BCUT2D eigenvalue weighted by Crippen LogP contribution is 2.18. The number of nitrogens with one attached hydrogen (secondary N) is 2. The van der Waals surface area contributed by atoms with Crippen molar-refractivity contribution in [1.29, 1.82) is 0 Å². The van der Waals surface area contributed by atoms with Crippen molar-refractivity contribution in [3.8, 4) is 5.75 Å². The number of halogens is 2. The number of ether oxygens (including phenoxy) is 1. The molecule has 0 aliphatic carbocycles. The zero-order valence-electron chi connectivity index (χ0n) is 17.0. The third kappa shape index (κ3) is 7.46. The van der Waals surface area contributed by atoms with E-state index in [2.05, 4.69) is 66.8 Å². The minimum absolute atomic E-state index is 0. The molecule has 1 aliphatic rings. The van der Waals surface area contributed by atoms with Gasteiger partial charge in [-0.05, 0) is 36.6 Å². The van der Waals surface area contributed by atoms with Crippen LogP contribution in [0.3, 0.4) is 0 Å². The van der Waals surface area contributed by atoms with Crippen LogP contribution in [0.4, 0.5) is 0 Å². The highest BCUT2D eigenvalue weighted by atomic mass is 127. The topological polar surface area (TPSA) is 48.9 Å². The molecule has 1 heterocycles. The largest absolute Gasteiger partial charge is 0.496 e. The van der Waals surface area contributed by atoms with E-state index in [0.717, 1.165) is 54.2 Å². The summed E-state index contributed by atoms with van der Waals surface area (Å²) in [5.74, 6) is 1.74. The number of guanidine groups is 1. The van der Waals surface area contributed by atoms with Gasteiger partial charge in [0.05, 0.1) is 7.11 Å². The fourth-order valence-corrected chi connectivity index (χ4v) is 3.76. The zero-order chi connectivity index (χ0) is 19.8. The molecule has 158 valence electrons. The van der Waals surface area contributed by atoms with Gasteiger partial charge in [-0.15, -0.1) is 24.0 Å². The van der Waals surface area contributed by atoms with E-state index in [1.165, 1.54) is 5.56 Å². The minimum Gasteiger partial charge on any atom is -0.496 e. The first-order valence-electron chi connectivity index (χ1n) is 9.74. The fourth-order valence-electron chi connectivity index (χ4n) is 3.50. The summed E-state index contributed by atoms with van der Waals surface area (Å²) in [5.41, 5.74) is 2.49. The normalized spacial score (nSPS) is 15.5. The van der Waals surface area contributed by atoms with Crippen LogP contribution in [0.15, 0.2) is 58.0 Å². The highest BCUT2D eigenvalue weighted by Gasteiger charge is 2.20. The van der Waals surface area contributed by atoms with Gasteiger partial charge in [-0.2, -0.15) is 0 Å². The number of nitrogens with zero attached hydrogens (tertiary/aromatic N) is 2. The average molecular weight is 573 g/mol. The van der Waals surface area contributed by atoms with Gasteiger partial charge in [0.2, 0.25) is 0 Å². The van der Waals surface area contributed by atoms with Crippen LogP contribution in [0.2, 0.25) is 0 Å². The first-order valence-corrected chi connectivity index (χ1v) is 10.5. The predicted octanol–water partition coefficient (Wildman–Crippen LogP) is 4.41. The lowest BCUT2D eigenvalue weighted by Gasteiger charge is -2.33. The first-order chi connectivity index (χ1) is 13.7. The molecule has 3 rings (SSSR count). The number of hydrogen-bond donors (Lipinski definition) is 2. The molecule has 0 spiro atoms. The van der Waals surface area contributed by atoms with E-state index >= 15 is 0 Å². The summed E-state index contributed by atoms with van der Waals surface area (Å²) < 4.78 is 6.55. The second kappa shape index (κ2) is 12.4. The molecule has 5 nitrogen and oxygen atoms in total. The number of piperidine rings is 1. The summed E-state index contributed by atoms with van der Waals surface area (Å²) in [5, 5.41) is 6.98. The Kier molecular flexibility index (Phi) is 10.2. The minimum atomic E-state index is 0. The van der Waals surface area contributed by atoms with Crippen molar-refractivity contribution >= 4 is 45.9 Å². The summed E-state index contributed by atoms with van der Waals surface area (Å²) in [6, 6.07) is 17.1. The maximum absolute atomic E-state index is 5.42. The molecule has 0 aromatic heterocycles. The number of rotatable bonds is 6. The predicted molar refractivity (Wildman–Crippen MR) is 134 cm³/mol. The molecular weight excluding hydrogens is 543 g/mol. The van der Waals surface area contributed by atoms with Gasteiger partial charge in [-0.25, -0.2) is 0 Å². The van der Waals surface area contributed by atoms with E-state index in [-0.39, 0.29) is 24.0 Å². The maximum Gasteiger partial charge on any atom is 0.191 e. The van der Waals surface area contributed by atoms with Crippen LogP contribution >= 0.6 is 39.9 Å². The van der Waals surface area contributed by atoms with Crippen LogP contribution in [0.5, 0.6) is 5.75 Å². The van der Waals surface area contributed by atoms with Gasteiger partial charge in [0.1, 0.15) is 5.75 Å². The highest BCUT2D eigenvalue weighted by molar-refractivity contribution is 14.0. The van der Waals surface area contributed by atoms with Crippen molar-refractivity contribution in [1.82, 2.24) is 15.5 Å². The summed E-state index contributed by atoms with van der Waals surface area (Å²) in [4.78, 5) is 6.90. The molecule has 0 bridgehead atoms.